The van der Waals surface area contributed by atoms with Gasteiger partial charge in [0.2, 0.25) is 11.4 Å². The summed E-state index contributed by atoms with van der Waals surface area (Å²) in [4.78, 5) is 5.37. The first kappa shape index (κ1) is 22.8. The first-order valence-electron chi connectivity index (χ1n) is 12.3. The van der Waals surface area contributed by atoms with Crippen LogP contribution < -0.4 is 14.0 Å². The number of hydrogen-bond donors (Lipinski definition) is 0. The maximum Gasteiger partial charge on any atom is 0.237 e. The van der Waals surface area contributed by atoms with Gasteiger partial charge in [-0.1, -0.05) is 6.07 Å². The molecule has 1 aliphatic rings. The minimum Gasteiger partial charge on any atom is -0.497 e. The largest absolute Gasteiger partial charge is 0.497 e. The Bertz CT molecular complexity index is 1690. The van der Waals surface area contributed by atoms with E-state index >= 15 is 0 Å². The average molecular weight is 487 g/mol. The number of benzene rings is 2. The maximum absolute atomic E-state index is 5.38. The van der Waals surface area contributed by atoms with Gasteiger partial charge in [-0.3, -0.25) is 0 Å². The van der Waals surface area contributed by atoms with Gasteiger partial charge in [0.1, 0.15) is 17.2 Å². The quantitative estimate of drug-likeness (QED) is 0.262. The molecule has 0 amide bonds. The topological polar surface area (TPSA) is 39.1 Å². The Morgan fingerprint density at radius 2 is 1.38 bits per heavy atom. The van der Waals surface area contributed by atoms with Crippen molar-refractivity contribution in [2.75, 3.05) is 14.2 Å². The maximum atomic E-state index is 5.38. The fraction of sp³-hybridized carbons (Fsp3) is 0.125. The lowest BCUT2D eigenvalue weighted by Gasteiger charge is -2.06. The number of methoxy groups -OCH3 is 2. The predicted molar refractivity (Wildman–Crippen MR) is 148 cm³/mol. The minimum atomic E-state index is 0.842. The third-order valence-corrected chi connectivity index (χ3v) is 7.06. The van der Waals surface area contributed by atoms with E-state index in [1.54, 1.807) is 14.2 Å². The van der Waals surface area contributed by atoms with Crippen LogP contribution in [0.15, 0.2) is 108 Å². The average Bonchev–Trinajstić information content (AvgIpc) is 3.39. The van der Waals surface area contributed by atoms with Crippen molar-refractivity contribution in [2.45, 2.75) is 13.8 Å². The van der Waals surface area contributed by atoms with Crippen molar-refractivity contribution in [3.63, 3.8) is 0 Å². The summed E-state index contributed by atoms with van der Waals surface area (Å²) in [5, 5.41) is 0. The van der Waals surface area contributed by atoms with E-state index in [-0.39, 0.29) is 0 Å². The summed E-state index contributed by atoms with van der Waals surface area (Å²) in [5.74, 6) is 1.68. The molecule has 0 spiro atoms. The van der Waals surface area contributed by atoms with Crippen molar-refractivity contribution in [3.8, 4) is 22.8 Å². The molecule has 0 saturated heterocycles. The van der Waals surface area contributed by atoms with Crippen molar-refractivity contribution >= 4 is 22.6 Å². The molecule has 5 heteroatoms. The number of nitrogens with zero attached hydrogens (tertiary/aromatic N) is 3. The smallest absolute Gasteiger partial charge is 0.237 e. The van der Waals surface area contributed by atoms with Gasteiger partial charge in [-0.25, -0.2) is 4.99 Å². The van der Waals surface area contributed by atoms with Crippen LogP contribution in [0.4, 0.5) is 5.69 Å². The summed E-state index contributed by atoms with van der Waals surface area (Å²) in [6.45, 7) is 4.31. The van der Waals surface area contributed by atoms with Crippen LogP contribution in [0.2, 0.25) is 0 Å². The predicted octanol–water partition coefficient (Wildman–Crippen LogP) is 6.63. The lowest BCUT2D eigenvalue weighted by atomic mass is 10.1. The van der Waals surface area contributed by atoms with E-state index in [0.717, 1.165) is 67.8 Å². The zero-order valence-electron chi connectivity index (χ0n) is 21.4. The van der Waals surface area contributed by atoms with Crippen LogP contribution in [0.3, 0.4) is 0 Å². The van der Waals surface area contributed by atoms with Gasteiger partial charge in [0, 0.05) is 29.5 Å². The third-order valence-electron chi connectivity index (χ3n) is 7.06. The van der Waals surface area contributed by atoms with E-state index in [1.807, 2.05) is 24.3 Å². The highest BCUT2D eigenvalue weighted by Crippen LogP contribution is 2.39. The molecule has 4 heterocycles. The molecular weight excluding hydrogens is 458 g/mol. The normalized spacial score (nSPS) is 13.9. The molecule has 2 aromatic carbocycles. The van der Waals surface area contributed by atoms with Crippen LogP contribution in [-0.2, 0) is 0 Å². The Hall–Kier alpha value is -4.64. The molecule has 5 nitrogen and oxygen atoms in total. The van der Waals surface area contributed by atoms with E-state index in [2.05, 4.69) is 95.9 Å². The Balaban J connectivity index is 1.56. The summed E-state index contributed by atoms with van der Waals surface area (Å²) >= 11 is 0. The van der Waals surface area contributed by atoms with Gasteiger partial charge in [0.25, 0.3) is 0 Å². The van der Waals surface area contributed by atoms with Crippen molar-refractivity contribution in [3.05, 3.63) is 120 Å². The SMILES string of the molecule is COc1ccc(C2=C(C)/C(=N\c3c(C)c(-c4ccc(OC)cc4)n4ccccc34)c3cccc[n+]32)cc1. The number of rotatable bonds is 5. The third kappa shape index (κ3) is 3.71. The molecule has 6 rings (SSSR count). The first-order valence-corrected chi connectivity index (χ1v) is 12.3. The molecule has 0 radical (unpaired) electrons. The van der Waals surface area contributed by atoms with Crippen LogP contribution in [-0.4, -0.2) is 24.3 Å². The molecule has 0 fully saturated rings. The van der Waals surface area contributed by atoms with Gasteiger partial charge < -0.3 is 13.9 Å². The number of ether oxygens (including phenoxy) is 2. The van der Waals surface area contributed by atoms with Crippen molar-refractivity contribution in [1.29, 1.82) is 0 Å². The summed E-state index contributed by atoms with van der Waals surface area (Å²) in [7, 11) is 3.38. The molecule has 0 aliphatic carbocycles. The fourth-order valence-electron chi connectivity index (χ4n) is 5.24. The molecule has 1 aliphatic heterocycles. The van der Waals surface area contributed by atoms with Crippen LogP contribution in [0, 0.1) is 6.92 Å². The van der Waals surface area contributed by atoms with Gasteiger partial charge in [0.05, 0.1) is 36.7 Å². The van der Waals surface area contributed by atoms with Gasteiger partial charge in [-0.2, -0.15) is 4.57 Å². The monoisotopic (exact) mass is 486 g/mol. The lowest BCUT2D eigenvalue weighted by molar-refractivity contribution is -0.577. The Morgan fingerprint density at radius 1 is 0.730 bits per heavy atom. The van der Waals surface area contributed by atoms with E-state index in [9.17, 15) is 0 Å². The Morgan fingerprint density at radius 3 is 2.05 bits per heavy atom. The highest BCUT2D eigenvalue weighted by molar-refractivity contribution is 6.17. The minimum absolute atomic E-state index is 0.842. The molecule has 0 N–H and O–H groups in total. The second-order valence-corrected chi connectivity index (χ2v) is 9.12. The second kappa shape index (κ2) is 9.10. The molecule has 0 atom stereocenters. The van der Waals surface area contributed by atoms with Gasteiger partial charge in [-0.05, 0) is 86.1 Å². The number of hydrogen-bond acceptors (Lipinski definition) is 3. The van der Waals surface area contributed by atoms with E-state index < -0.39 is 0 Å². The number of allylic oxidation sites excluding steroid dienone is 1. The summed E-state index contributed by atoms with van der Waals surface area (Å²) in [6, 6.07) is 28.9. The number of aliphatic imine (C=N–C) groups is 1. The molecule has 5 aromatic rings. The molecule has 0 bridgehead atoms. The zero-order valence-corrected chi connectivity index (χ0v) is 21.4. The van der Waals surface area contributed by atoms with E-state index in [1.165, 1.54) is 0 Å². The van der Waals surface area contributed by atoms with Crippen molar-refractivity contribution in [1.82, 2.24) is 4.40 Å². The zero-order chi connectivity index (χ0) is 25.5. The van der Waals surface area contributed by atoms with Crippen LogP contribution in [0.25, 0.3) is 22.5 Å². The van der Waals surface area contributed by atoms with Gasteiger partial charge in [-0.15, -0.1) is 0 Å². The lowest BCUT2D eigenvalue weighted by Crippen LogP contribution is -2.34. The van der Waals surface area contributed by atoms with Gasteiger partial charge in [0.15, 0.2) is 6.20 Å². The Labute approximate surface area is 216 Å². The highest BCUT2D eigenvalue weighted by Gasteiger charge is 2.35. The van der Waals surface area contributed by atoms with E-state index in [4.69, 9.17) is 14.5 Å². The molecule has 3 aromatic heterocycles. The highest BCUT2D eigenvalue weighted by atomic mass is 16.5. The Kier molecular flexibility index (Phi) is 5.61. The summed E-state index contributed by atoms with van der Waals surface area (Å²) in [6.07, 6.45) is 4.21. The summed E-state index contributed by atoms with van der Waals surface area (Å²) < 4.78 is 15.2. The molecular formula is C32H28N3O2+. The van der Waals surface area contributed by atoms with Crippen molar-refractivity contribution < 1.29 is 14.0 Å². The van der Waals surface area contributed by atoms with Crippen LogP contribution in [0.5, 0.6) is 11.5 Å². The number of fused-ring (bicyclic) bond motifs is 2. The fourth-order valence-corrected chi connectivity index (χ4v) is 5.24. The number of pyridine rings is 2. The molecule has 0 unspecified atom stereocenters. The second-order valence-electron chi connectivity index (χ2n) is 9.12. The number of aromatic nitrogens is 2. The summed E-state index contributed by atoms with van der Waals surface area (Å²) in [5.41, 5.74) is 10.9. The molecule has 37 heavy (non-hydrogen) atoms. The first-order chi connectivity index (χ1) is 18.1. The molecule has 182 valence electrons. The van der Waals surface area contributed by atoms with Gasteiger partial charge >= 0.3 is 0 Å². The van der Waals surface area contributed by atoms with Crippen molar-refractivity contribution in [2.24, 2.45) is 4.99 Å². The standard InChI is InChI=1S/C32H28N3O2/c1-21-29(27-9-5-7-19-34(27)31(21)23-11-15-25(36-3)16-12-23)33-30-22(2)32(35-20-8-6-10-28(30)35)24-13-17-26(37-4)18-14-24/h5-20H,1-4H3/q+1. The van der Waals surface area contributed by atoms with Crippen LogP contribution >= 0.6 is 0 Å². The van der Waals surface area contributed by atoms with E-state index in [0.29, 0.717) is 0 Å². The molecule has 0 saturated carbocycles. The van der Waals surface area contributed by atoms with Crippen LogP contribution in [0.1, 0.15) is 23.7 Å².